The van der Waals surface area contributed by atoms with Crippen molar-refractivity contribution in [1.82, 2.24) is 18.9 Å². The maximum atomic E-state index is 14.0. The lowest BCUT2D eigenvalue weighted by molar-refractivity contribution is 0.307. The lowest BCUT2D eigenvalue weighted by Crippen LogP contribution is -2.39. The van der Waals surface area contributed by atoms with Crippen molar-refractivity contribution in [3.8, 4) is 0 Å². The van der Waals surface area contributed by atoms with E-state index in [1.165, 1.54) is 28.6 Å². The van der Waals surface area contributed by atoms with Gasteiger partial charge in [-0.3, -0.25) is 4.40 Å². The second-order valence-corrected chi connectivity index (χ2v) is 8.03. The molecule has 0 saturated carbocycles. The van der Waals surface area contributed by atoms with Crippen molar-refractivity contribution < 1.29 is 12.8 Å². The van der Waals surface area contributed by atoms with E-state index < -0.39 is 15.8 Å². The number of piperidine rings is 1. The number of hydrogen-bond donors (Lipinski definition) is 0. The van der Waals surface area contributed by atoms with Crippen molar-refractivity contribution in [2.24, 2.45) is 0 Å². The highest BCUT2D eigenvalue weighted by atomic mass is 32.2. The van der Waals surface area contributed by atoms with Crippen LogP contribution in [0, 0.1) is 5.82 Å². The number of benzene rings is 1. The van der Waals surface area contributed by atoms with Crippen LogP contribution in [0.25, 0.3) is 5.65 Å². The highest BCUT2D eigenvalue weighted by molar-refractivity contribution is 7.89. The molecular weight excluding hydrogens is 343 g/mol. The van der Waals surface area contributed by atoms with Gasteiger partial charge in [0.25, 0.3) is 0 Å². The van der Waals surface area contributed by atoms with Gasteiger partial charge in [-0.15, -0.1) is 10.2 Å². The van der Waals surface area contributed by atoms with Gasteiger partial charge < -0.3 is 0 Å². The van der Waals surface area contributed by atoms with E-state index in [4.69, 9.17) is 0 Å². The van der Waals surface area contributed by atoms with Crippen LogP contribution in [-0.4, -0.2) is 40.4 Å². The number of sulfonamides is 1. The van der Waals surface area contributed by atoms with Crippen molar-refractivity contribution in [2.45, 2.75) is 23.7 Å². The maximum Gasteiger partial charge on any atom is 0.246 e. The molecule has 6 nitrogen and oxygen atoms in total. The van der Waals surface area contributed by atoms with Gasteiger partial charge in [0.2, 0.25) is 10.0 Å². The third-order valence-electron chi connectivity index (χ3n) is 4.54. The van der Waals surface area contributed by atoms with Gasteiger partial charge in [0.05, 0.1) is 0 Å². The molecule has 3 heterocycles. The molecule has 130 valence electrons. The lowest BCUT2D eigenvalue weighted by atomic mass is 9.99. The smallest absolute Gasteiger partial charge is 0.246 e. The zero-order valence-corrected chi connectivity index (χ0v) is 14.2. The molecule has 1 saturated heterocycles. The fourth-order valence-electron chi connectivity index (χ4n) is 3.30. The Morgan fingerprint density at radius 1 is 1.08 bits per heavy atom. The Labute approximate surface area is 145 Å². The van der Waals surface area contributed by atoms with E-state index in [-0.39, 0.29) is 17.4 Å². The summed E-state index contributed by atoms with van der Waals surface area (Å²) in [6.07, 6.45) is 3.38. The van der Waals surface area contributed by atoms with Crippen LogP contribution in [0.3, 0.4) is 0 Å². The molecule has 1 aliphatic heterocycles. The van der Waals surface area contributed by atoms with Gasteiger partial charge in [-0.2, -0.15) is 4.31 Å². The number of pyridine rings is 1. The topological polar surface area (TPSA) is 67.6 Å². The fourth-order valence-corrected chi connectivity index (χ4v) is 4.89. The molecule has 1 fully saturated rings. The first-order chi connectivity index (χ1) is 12.1. The number of nitrogens with zero attached hydrogens (tertiary/aromatic N) is 4. The Morgan fingerprint density at radius 2 is 1.88 bits per heavy atom. The average molecular weight is 360 g/mol. The summed E-state index contributed by atoms with van der Waals surface area (Å²) in [5.41, 5.74) is 0.728. The molecular formula is C17H17FN4O2S. The van der Waals surface area contributed by atoms with Gasteiger partial charge in [-0.05, 0) is 37.1 Å². The molecule has 0 unspecified atom stereocenters. The predicted octanol–water partition coefficient (Wildman–Crippen LogP) is 2.44. The second kappa shape index (κ2) is 6.20. The minimum absolute atomic E-state index is 0.0762. The van der Waals surface area contributed by atoms with Gasteiger partial charge in [-0.25, -0.2) is 12.8 Å². The molecule has 3 aromatic rings. The highest BCUT2D eigenvalue weighted by Crippen LogP contribution is 2.30. The number of halogens is 1. The lowest BCUT2D eigenvalue weighted by Gasteiger charge is -2.31. The standard InChI is InChI=1S/C17H17FN4O2S/c18-14-7-1-2-8-15(14)25(23,24)21-10-5-6-13(12-21)17-20-19-16-9-3-4-11-22(16)17/h1-4,7-9,11,13H,5-6,10,12H2/t13-/m0/s1. The molecule has 2 aromatic heterocycles. The van der Waals surface area contributed by atoms with E-state index in [1.54, 1.807) is 0 Å². The van der Waals surface area contributed by atoms with Gasteiger partial charge >= 0.3 is 0 Å². The van der Waals surface area contributed by atoms with Gasteiger partial charge in [0, 0.05) is 25.2 Å². The van der Waals surface area contributed by atoms with Crippen LogP contribution in [-0.2, 0) is 10.0 Å². The van der Waals surface area contributed by atoms with Crippen LogP contribution in [0.15, 0.2) is 53.6 Å². The number of rotatable bonds is 3. The summed E-state index contributed by atoms with van der Waals surface area (Å²) in [5, 5.41) is 8.38. The van der Waals surface area contributed by atoms with Gasteiger partial charge in [0.1, 0.15) is 16.5 Å². The van der Waals surface area contributed by atoms with E-state index >= 15 is 0 Å². The quantitative estimate of drug-likeness (QED) is 0.719. The summed E-state index contributed by atoms with van der Waals surface area (Å²) >= 11 is 0. The molecule has 0 aliphatic carbocycles. The summed E-state index contributed by atoms with van der Waals surface area (Å²) in [5.74, 6) is -0.0608. The minimum atomic E-state index is -3.87. The molecule has 8 heteroatoms. The van der Waals surface area contributed by atoms with Crippen LogP contribution in [0.2, 0.25) is 0 Å². The van der Waals surface area contributed by atoms with Crippen molar-refractivity contribution >= 4 is 15.7 Å². The molecule has 1 aliphatic rings. The summed E-state index contributed by atoms with van der Waals surface area (Å²) < 4.78 is 42.9. The third-order valence-corrected chi connectivity index (χ3v) is 6.44. The summed E-state index contributed by atoms with van der Waals surface area (Å²) in [4.78, 5) is -0.276. The number of fused-ring (bicyclic) bond motifs is 1. The Balaban J connectivity index is 1.66. The largest absolute Gasteiger partial charge is 0.286 e. The fraction of sp³-hybridized carbons (Fsp3) is 0.294. The molecule has 25 heavy (non-hydrogen) atoms. The number of aromatic nitrogens is 3. The Kier molecular flexibility index (Phi) is 4.01. The first kappa shape index (κ1) is 16.2. The first-order valence-electron chi connectivity index (χ1n) is 8.12. The normalized spacial score (nSPS) is 19.3. The third kappa shape index (κ3) is 2.81. The summed E-state index contributed by atoms with van der Waals surface area (Å²) in [7, 11) is -3.87. The SMILES string of the molecule is O=S(=O)(c1ccccc1F)N1CCC[C@H](c2nnc3ccccn23)C1. The van der Waals surface area contributed by atoms with Gasteiger partial charge in [0.15, 0.2) is 5.65 Å². The Morgan fingerprint density at radius 3 is 2.72 bits per heavy atom. The molecule has 4 rings (SSSR count). The molecule has 0 N–H and O–H groups in total. The summed E-state index contributed by atoms with van der Waals surface area (Å²) in [6.45, 7) is 0.649. The highest BCUT2D eigenvalue weighted by Gasteiger charge is 2.34. The zero-order chi connectivity index (χ0) is 17.4. The molecule has 0 bridgehead atoms. The monoisotopic (exact) mass is 360 g/mol. The van der Waals surface area contributed by atoms with Crippen molar-refractivity contribution in [3.63, 3.8) is 0 Å². The van der Waals surface area contributed by atoms with Crippen molar-refractivity contribution in [2.75, 3.05) is 13.1 Å². The first-order valence-corrected chi connectivity index (χ1v) is 9.56. The molecule has 0 radical (unpaired) electrons. The minimum Gasteiger partial charge on any atom is -0.286 e. The average Bonchev–Trinajstić information content (AvgIpc) is 3.06. The van der Waals surface area contributed by atoms with E-state index in [2.05, 4.69) is 10.2 Å². The van der Waals surface area contributed by atoms with Crippen molar-refractivity contribution in [3.05, 3.63) is 60.3 Å². The van der Waals surface area contributed by atoms with Crippen LogP contribution in [0.4, 0.5) is 4.39 Å². The summed E-state index contributed by atoms with van der Waals surface area (Å²) in [6, 6.07) is 11.1. The second-order valence-electron chi connectivity index (χ2n) is 6.12. The van der Waals surface area contributed by atoms with E-state index in [0.29, 0.717) is 13.0 Å². The Bertz CT molecular complexity index is 1020. The molecule has 0 amide bonds. The van der Waals surface area contributed by atoms with Crippen LogP contribution in [0.5, 0.6) is 0 Å². The van der Waals surface area contributed by atoms with Crippen molar-refractivity contribution in [1.29, 1.82) is 0 Å². The molecule has 1 aromatic carbocycles. The van der Waals surface area contributed by atoms with Crippen LogP contribution < -0.4 is 0 Å². The van der Waals surface area contributed by atoms with Gasteiger partial charge in [-0.1, -0.05) is 18.2 Å². The zero-order valence-electron chi connectivity index (χ0n) is 13.4. The van der Waals surface area contributed by atoms with E-state index in [0.717, 1.165) is 17.9 Å². The van der Waals surface area contributed by atoms with Crippen LogP contribution in [0.1, 0.15) is 24.6 Å². The van der Waals surface area contributed by atoms with Crippen LogP contribution >= 0.6 is 0 Å². The molecule has 1 atom stereocenters. The predicted molar refractivity (Wildman–Crippen MR) is 90.1 cm³/mol. The maximum absolute atomic E-state index is 14.0. The van der Waals surface area contributed by atoms with E-state index in [9.17, 15) is 12.8 Å². The van der Waals surface area contributed by atoms with E-state index in [1.807, 2.05) is 28.8 Å². The molecule has 0 spiro atoms. The number of hydrogen-bond acceptors (Lipinski definition) is 4. The Hall–Kier alpha value is -2.32.